The summed E-state index contributed by atoms with van der Waals surface area (Å²) in [6.45, 7) is 9.85. The Hall–Kier alpha value is -3.02. The molecule has 1 saturated heterocycles. The minimum atomic E-state index is -0.0187. The summed E-state index contributed by atoms with van der Waals surface area (Å²) in [7, 11) is 0. The van der Waals surface area contributed by atoms with Crippen LogP contribution in [0.5, 0.6) is 0 Å². The summed E-state index contributed by atoms with van der Waals surface area (Å²) in [5.41, 5.74) is 4.64. The van der Waals surface area contributed by atoms with Gasteiger partial charge >= 0.3 is 6.03 Å². The predicted molar refractivity (Wildman–Crippen MR) is 132 cm³/mol. The van der Waals surface area contributed by atoms with Gasteiger partial charge in [0.2, 0.25) is 0 Å². The van der Waals surface area contributed by atoms with Gasteiger partial charge in [-0.2, -0.15) is 0 Å². The van der Waals surface area contributed by atoms with Crippen LogP contribution < -0.4 is 10.6 Å². The van der Waals surface area contributed by atoms with Crippen molar-refractivity contribution in [1.82, 2.24) is 15.1 Å². The van der Waals surface area contributed by atoms with Crippen molar-refractivity contribution in [3.05, 3.63) is 65.5 Å². The van der Waals surface area contributed by atoms with Crippen molar-refractivity contribution in [2.75, 3.05) is 31.5 Å². The second-order valence-corrected chi connectivity index (χ2v) is 8.75. The van der Waals surface area contributed by atoms with E-state index in [4.69, 9.17) is 4.99 Å². The van der Waals surface area contributed by atoms with Gasteiger partial charge in [-0.25, -0.2) is 4.79 Å². The van der Waals surface area contributed by atoms with Gasteiger partial charge in [0.25, 0.3) is 0 Å². The van der Waals surface area contributed by atoms with Gasteiger partial charge in [0, 0.05) is 55.3 Å². The number of allylic oxidation sites excluding steroid dienone is 1. The van der Waals surface area contributed by atoms with Gasteiger partial charge < -0.3 is 20.4 Å². The van der Waals surface area contributed by atoms with Crippen molar-refractivity contribution in [3.63, 3.8) is 0 Å². The highest BCUT2D eigenvalue weighted by Crippen LogP contribution is 2.31. The Labute approximate surface area is 191 Å². The molecule has 1 aromatic carbocycles. The Kier molecular flexibility index (Phi) is 6.98. The van der Waals surface area contributed by atoms with Gasteiger partial charge in [0.15, 0.2) is 0 Å². The summed E-state index contributed by atoms with van der Waals surface area (Å²) in [4.78, 5) is 21.7. The second-order valence-electron chi connectivity index (χ2n) is 8.75. The monoisotopic (exact) mass is 433 g/mol. The van der Waals surface area contributed by atoms with Crippen molar-refractivity contribution in [2.24, 2.45) is 4.99 Å². The fraction of sp³-hybridized carbons (Fsp3) is 0.462. The zero-order valence-electron chi connectivity index (χ0n) is 19.5. The maximum Gasteiger partial charge on any atom is 0.321 e. The van der Waals surface area contributed by atoms with E-state index in [0.29, 0.717) is 5.92 Å². The van der Waals surface area contributed by atoms with Crippen LogP contribution >= 0.6 is 0 Å². The molecule has 0 bridgehead atoms. The number of hydrogen-bond donors (Lipinski definition) is 2. The molecule has 3 aliphatic rings. The second kappa shape index (κ2) is 10.1. The number of carbonyl (C=O) groups excluding carboxylic acids is 1. The summed E-state index contributed by atoms with van der Waals surface area (Å²) in [5, 5.41) is 6.38. The molecule has 2 amide bonds. The van der Waals surface area contributed by atoms with Crippen LogP contribution in [0.1, 0.15) is 51.5 Å². The van der Waals surface area contributed by atoms with Crippen molar-refractivity contribution < 1.29 is 4.79 Å². The van der Waals surface area contributed by atoms with Crippen LogP contribution in [0.3, 0.4) is 0 Å². The Bertz CT molecular complexity index is 955. The number of nitrogens with zero attached hydrogens (tertiary/aromatic N) is 3. The van der Waals surface area contributed by atoms with Gasteiger partial charge in [-0.3, -0.25) is 4.99 Å². The van der Waals surface area contributed by atoms with E-state index in [9.17, 15) is 4.79 Å². The molecule has 1 aliphatic carbocycles. The smallest absolute Gasteiger partial charge is 0.321 e. The number of nitrogens with one attached hydrogen (secondary N) is 2. The Morgan fingerprint density at radius 3 is 2.91 bits per heavy atom. The molecule has 170 valence electrons. The first-order valence-electron chi connectivity index (χ1n) is 11.9. The Morgan fingerprint density at radius 1 is 1.31 bits per heavy atom. The number of urea groups is 1. The highest BCUT2D eigenvalue weighted by atomic mass is 16.2. The summed E-state index contributed by atoms with van der Waals surface area (Å²) in [5.74, 6) is 1.41. The molecule has 1 unspecified atom stereocenters. The third-order valence-corrected chi connectivity index (χ3v) is 6.43. The van der Waals surface area contributed by atoms with Crippen LogP contribution in [-0.4, -0.2) is 53.9 Å². The number of hydrogen-bond acceptors (Lipinski definition) is 3. The van der Waals surface area contributed by atoms with E-state index >= 15 is 0 Å². The number of amides is 2. The SMILES string of the molecule is CCCN(CC)C(=O)Nc1cccc(C2CCCN(/C(C)=C3\C=CNC3=NC3C=C3)C2)c1. The van der Waals surface area contributed by atoms with Crippen LogP contribution in [-0.2, 0) is 0 Å². The van der Waals surface area contributed by atoms with Gasteiger partial charge in [-0.15, -0.1) is 0 Å². The van der Waals surface area contributed by atoms with E-state index in [1.54, 1.807) is 0 Å². The number of rotatable bonds is 7. The number of carbonyl (C=O) groups is 1. The van der Waals surface area contributed by atoms with Crippen molar-refractivity contribution in [1.29, 1.82) is 0 Å². The highest BCUT2D eigenvalue weighted by Gasteiger charge is 2.25. The third-order valence-electron chi connectivity index (χ3n) is 6.43. The largest absolute Gasteiger partial charge is 0.374 e. The van der Waals surface area contributed by atoms with Gasteiger partial charge in [0.05, 0.1) is 6.04 Å². The lowest BCUT2D eigenvalue weighted by atomic mass is 9.90. The first kappa shape index (κ1) is 22.2. The number of amidine groups is 1. The quantitative estimate of drug-likeness (QED) is 0.604. The van der Waals surface area contributed by atoms with Crippen LogP contribution in [0.4, 0.5) is 10.5 Å². The Morgan fingerprint density at radius 2 is 2.16 bits per heavy atom. The van der Waals surface area contributed by atoms with Gasteiger partial charge in [-0.05, 0) is 56.9 Å². The van der Waals surface area contributed by atoms with Gasteiger partial charge in [0.1, 0.15) is 5.84 Å². The summed E-state index contributed by atoms with van der Waals surface area (Å²) in [6.07, 6.45) is 11.6. The van der Waals surface area contributed by atoms with E-state index in [2.05, 4.69) is 65.8 Å². The molecule has 0 radical (unpaired) electrons. The van der Waals surface area contributed by atoms with Crippen LogP contribution in [0, 0.1) is 0 Å². The molecule has 2 N–H and O–H groups in total. The van der Waals surface area contributed by atoms with Crippen LogP contribution in [0.15, 0.2) is 65.0 Å². The summed E-state index contributed by atoms with van der Waals surface area (Å²) >= 11 is 0. The van der Waals surface area contributed by atoms with E-state index < -0.39 is 0 Å². The maximum absolute atomic E-state index is 12.6. The normalized spacial score (nSPS) is 22.8. The molecule has 0 aromatic heterocycles. The average Bonchev–Trinajstić information content (AvgIpc) is 3.51. The molecule has 0 saturated carbocycles. The standard InChI is InChI=1S/C26H35N5O/c1-4-15-30(5-2)26(32)29-23-10-6-8-20(17-23)21-9-7-16-31(18-21)19(3)24-13-14-27-25(24)28-22-11-12-22/h6,8,10-14,17,21-22H,4-5,7,9,15-16,18H2,1-3H3,(H,27,28)(H,29,32)/b24-19+. The molecule has 6 heteroatoms. The van der Waals surface area contributed by atoms with Gasteiger partial charge in [-0.1, -0.05) is 31.2 Å². The third kappa shape index (κ3) is 5.23. The first-order valence-corrected chi connectivity index (χ1v) is 11.9. The molecule has 1 fully saturated rings. The summed E-state index contributed by atoms with van der Waals surface area (Å²) < 4.78 is 0. The maximum atomic E-state index is 12.6. The van der Waals surface area contributed by atoms with E-state index in [1.165, 1.54) is 16.8 Å². The lowest BCUT2D eigenvalue weighted by Gasteiger charge is -2.36. The van der Waals surface area contributed by atoms with Crippen molar-refractivity contribution in [2.45, 2.75) is 52.0 Å². The predicted octanol–water partition coefficient (Wildman–Crippen LogP) is 4.86. The zero-order chi connectivity index (χ0) is 22.5. The lowest BCUT2D eigenvalue weighted by molar-refractivity contribution is 0.214. The average molecular weight is 434 g/mol. The van der Waals surface area contributed by atoms with E-state index in [0.717, 1.165) is 57.0 Å². The molecule has 0 spiro atoms. The highest BCUT2D eigenvalue weighted by molar-refractivity contribution is 6.04. The van der Waals surface area contributed by atoms with Crippen LogP contribution in [0.2, 0.25) is 0 Å². The minimum Gasteiger partial charge on any atom is -0.374 e. The number of piperidine rings is 1. The number of benzene rings is 1. The molecule has 32 heavy (non-hydrogen) atoms. The molecule has 6 nitrogen and oxygen atoms in total. The number of likely N-dealkylation sites (tertiary alicyclic amines) is 1. The van der Waals surface area contributed by atoms with E-state index in [-0.39, 0.29) is 12.1 Å². The topological polar surface area (TPSA) is 60.0 Å². The molecule has 4 rings (SSSR count). The minimum absolute atomic E-state index is 0.0187. The molecule has 1 atom stereocenters. The Balaban J connectivity index is 1.45. The van der Waals surface area contributed by atoms with Crippen LogP contribution in [0.25, 0.3) is 0 Å². The lowest BCUT2D eigenvalue weighted by Crippen LogP contribution is -2.35. The zero-order valence-corrected chi connectivity index (χ0v) is 19.5. The number of aliphatic imine (C=N–C) groups is 1. The van der Waals surface area contributed by atoms with Crippen molar-refractivity contribution >= 4 is 17.6 Å². The fourth-order valence-electron chi connectivity index (χ4n) is 4.51. The van der Waals surface area contributed by atoms with E-state index in [1.807, 2.05) is 24.1 Å². The molecule has 1 aromatic rings. The molecular weight excluding hydrogens is 398 g/mol. The molecular formula is C26H35N5O. The fourth-order valence-corrected chi connectivity index (χ4v) is 4.51. The van der Waals surface area contributed by atoms with Crippen molar-refractivity contribution in [3.8, 4) is 0 Å². The molecule has 2 heterocycles. The molecule has 2 aliphatic heterocycles. The summed E-state index contributed by atoms with van der Waals surface area (Å²) in [6, 6.07) is 8.62. The first-order chi connectivity index (χ1) is 15.6. The number of anilines is 1.